The van der Waals surface area contributed by atoms with Crippen LogP contribution >= 0.6 is 0 Å². The van der Waals surface area contributed by atoms with Gasteiger partial charge in [-0.25, -0.2) is 10.8 Å². The average molecular weight is 217 g/mol. The van der Waals surface area contributed by atoms with Crippen LogP contribution in [0.4, 0.5) is 0 Å². The summed E-state index contributed by atoms with van der Waals surface area (Å²) >= 11 is 0. The molecule has 7 heteroatoms. The number of nitrogens with two attached hydrogens (primary N) is 1. The summed E-state index contributed by atoms with van der Waals surface area (Å²) < 4.78 is 4.84. The van der Waals surface area contributed by atoms with E-state index in [0.717, 1.165) is 0 Å². The Kier molecular flexibility index (Phi) is 7.29. The van der Waals surface area contributed by atoms with Gasteiger partial charge in [-0.1, -0.05) is 0 Å². The molecule has 0 aromatic carbocycles. The third-order valence-electron chi connectivity index (χ3n) is 1.61. The minimum atomic E-state index is -0.0868. The van der Waals surface area contributed by atoms with Crippen LogP contribution in [-0.2, 0) is 9.53 Å². The number of amides is 1. The van der Waals surface area contributed by atoms with Crippen molar-refractivity contribution in [2.45, 2.75) is 0 Å². The molecular formula is C8H19N5O2. The van der Waals surface area contributed by atoms with Crippen molar-refractivity contribution in [3.8, 4) is 0 Å². The van der Waals surface area contributed by atoms with Crippen molar-refractivity contribution in [1.82, 2.24) is 15.6 Å². The number of nitrogens with one attached hydrogen (secondary N) is 2. The second-order valence-corrected chi connectivity index (χ2v) is 3.02. The molecular weight excluding hydrogens is 198 g/mol. The van der Waals surface area contributed by atoms with Crippen LogP contribution in [0.2, 0.25) is 0 Å². The van der Waals surface area contributed by atoms with Crippen molar-refractivity contribution in [2.24, 2.45) is 10.8 Å². The van der Waals surface area contributed by atoms with Gasteiger partial charge >= 0.3 is 0 Å². The third-order valence-corrected chi connectivity index (χ3v) is 1.61. The lowest BCUT2D eigenvalue weighted by Gasteiger charge is -2.10. The van der Waals surface area contributed by atoms with Crippen molar-refractivity contribution >= 4 is 11.9 Å². The Balaban J connectivity index is 3.93. The van der Waals surface area contributed by atoms with Gasteiger partial charge in [0.2, 0.25) is 11.9 Å². The predicted molar refractivity (Wildman–Crippen MR) is 58.2 cm³/mol. The van der Waals surface area contributed by atoms with Crippen LogP contribution in [-0.4, -0.2) is 57.7 Å². The first kappa shape index (κ1) is 13.7. The van der Waals surface area contributed by atoms with Gasteiger partial charge in [-0.3, -0.25) is 10.2 Å². The van der Waals surface area contributed by atoms with E-state index in [2.05, 4.69) is 15.7 Å². The molecule has 7 nitrogen and oxygen atoms in total. The number of nitrogens with zero attached hydrogens (tertiary/aromatic N) is 2. The SMILES string of the molecule is COCCNC(=NCC(=O)N(C)C)NN. The molecule has 15 heavy (non-hydrogen) atoms. The average Bonchev–Trinajstić information content (AvgIpc) is 2.22. The fourth-order valence-electron chi connectivity index (χ4n) is 0.712. The molecule has 0 spiro atoms. The van der Waals surface area contributed by atoms with Crippen molar-refractivity contribution in [3.05, 3.63) is 0 Å². The highest BCUT2D eigenvalue weighted by atomic mass is 16.5. The van der Waals surface area contributed by atoms with Gasteiger partial charge in [0.15, 0.2) is 0 Å². The van der Waals surface area contributed by atoms with Gasteiger partial charge in [-0.05, 0) is 0 Å². The summed E-state index contributed by atoms with van der Waals surface area (Å²) in [6.07, 6.45) is 0. The number of hydrogen-bond acceptors (Lipinski definition) is 4. The minimum absolute atomic E-state index is 0.0620. The molecule has 88 valence electrons. The zero-order valence-electron chi connectivity index (χ0n) is 9.41. The number of methoxy groups -OCH3 is 1. The summed E-state index contributed by atoms with van der Waals surface area (Å²) in [4.78, 5) is 16.6. The number of likely N-dealkylation sites (N-methyl/N-ethyl adjacent to an activating group) is 1. The standard InChI is InChI=1S/C8H19N5O2/c1-13(2)7(14)6-11-8(12-9)10-4-5-15-3/h4-6,9H2,1-3H3,(H2,10,11,12). The zero-order valence-corrected chi connectivity index (χ0v) is 9.41. The highest BCUT2D eigenvalue weighted by Gasteiger charge is 2.02. The highest BCUT2D eigenvalue weighted by Crippen LogP contribution is 1.80. The van der Waals surface area contributed by atoms with Crippen LogP contribution in [0.3, 0.4) is 0 Å². The minimum Gasteiger partial charge on any atom is -0.383 e. The molecule has 0 unspecified atom stereocenters. The first-order valence-corrected chi connectivity index (χ1v) is 4.55. The first-order chi connectivity index (χ1) is 7.11. The molecule has 0 saturated carbocycles. The molecule has 0 aliphatic rings. The molecule has 1 amide bonds. The maximum atomic E-state index is 11.2. The van der Waals surface area contributed by atoms with Gasteiger partial charge < -0.3 is 15.0 Å². The van der Waals surface area contributed by atoms with Gasteiger partial charge in [0, 0.05) is 27.7 Å². The lowest BCUT2D eigenvalue weighted by molar-refractivity contribution is -0.127. The quantitative estimate of drug-likeness (QED) is 0.165. The number of hydrazine groups is 1. The van der Waals surface area contributed by atoms with Gasteiger partial charge in [-0.2, -0.15) is 0 Å². The van der Waals surface area contributed by atoms with Crippen molar-refractivity contribution in [2.75, 3.05) is 40.9 Å². The van der Waals surface area contributed by atoms with Crippen LogP contribution in [0.25, 0.3) is 0 Å². The van der Waals surface area contributed by atoms with Crippen LogP contribution < -0.4 is 16.6 Å². The Morgan fingerprint density at radius 3 is 2.67 bits per heavy atom. The predicted octanol–water partition coefficient (Wildman–Crippen LogP) is -1.87. The molecule has 0 heterocycles. The molecule has 0 radical (unpaired) electrons. The number of guanidine groups is 1. The number of carbonyl (C=O) groups excluding carboxylic acids is 1. The molecule has 0 aromatic heterocycles. The maximum Gasteiger partial charge on any atom is 0.243 e. The van der Waals surface area contributed by atoms with Crippen LogP contribution in [0.5, 0.6) is 0 Å². The Morgan fingerprint density at radius 2 is 2.20 bits per heavy atom. The Hall–Kier alpha value is -1.34. The summed E-state index contributed by atoms with van der Waals surface area (Å²) in [5.41, 5.74) is 2.37. The number of aliphatic imine (C=N–C) groups is 1. The second kappa shape index (κ2) is 8.01. The monoisotopic (exact) mass is 217 g/mol. The fourth-order valence-corrected chi connectivity index (χ4v) is 0.712. The number of rotatable bonds is 5. The normalized spacial score (nSPS) is 11.1. The van der Waals surface area contributed by atoms with Crippen molar-refractivity contribution in [1.29, 1.82) is 0 Å². The van der Waals surface area contributed by atoms with E-state index in [-0.39, 0.29) is 12.5 Å². The lowest BCUT2D eigenvalue weighted by Crippen LogP contribution is -2.43. The largest absolute Gasteiger partial charge is 0.383 e. The van der Waals surface area contributed by atoms with E-state index >= 15 is 0 Å². The number of hydrogen-bond donors (Lipinski definition) is 3. The summed E-state index contributed by atoms with van der Waals surface area (Å²) in [7, 11) is 4.95. The van der Waals surface area contributed by atoms with E-state index in [4.69, 9.17) is 10.6 Å². The van der Waals surface area contributed by atoms with E-state index in [0.29, 0.717) is 19.1 Å². The van der Waals surface area contributed by atoms with Crippen LogP contribution in [0.1, 0.15) is 0 Å². The molecule has 0 saturated heterocycles. The van der Waals surface area contributed by atoms with Crippen LogP contribution in [0.15, 0.2) is 4.99 Å². The van der Waals surface area contributed by atoms with Crippen molar-refractivity contribution in [3.63, 3.8) is 0 Å². The summed E-state index contributed by atoms with van der Waals surface area (Å²) in [6, 6.07) is 0. The fraction of sp³-hybridized carbons (Fsp3) is 0.750. The molecule has 4 N–H and O–H groups in total. The first-order valence-electron chi connectivity index (χ1n) is 4.55. The third kappa shape index (κ3) is 6.69. The summed E-state index contributed by atoms with van der Waals surface area (Å²) in [6.45, 7) is 1.19. The smallest absolute Gasteiger partial charge is 0.243 e. The molecule has 0 rings (SSSR count). The number of ether oxygens (including phenoxy) is 1. The topological polar surface area (TPSA) is 92.0 Å². The zero-order chi connectivity index (χ0) is 11.7. The Morgan fingerprint density at radius 1 is 1.53 bits per heavy atom. The van der Waals surface area contributed by atoms with E-state index in [1.165, 1.54) is 4.90 Å². The highest BCUT2D eigenvalue weighted by molar-refractivity contribution is 5.84. The van der Waals surface area contributed by atoms with Crippen molar-refractivity contribution < 1.29 is 9.53 Å². The number of carbonyl (C=O) groups is 1. The molecule has 0 atom stereocenters. The van der Waals surface area contributed by atoms with Gasteiger partial charge in [0.05, 0.1) is 6.61 Å². The van der Waals surface area contributed by atoms with Gasteiger partial charge in [0.25, 0.3) is 0 Å². The van der Waals surface area contributed by atoms with E-state index in [1.807, 2.05) is 0 Å². The van der Waals surface area contributed by atoms with E-state index in [9.17, 15) is 4.79 Å². The summed E-state index contributed by atoms with van der Waals surface area (Å²) in [5.74, 6) is 5.50. The summed E-state index contributed by atoms with van der Waals surface area (Å²) in [5, 5.41) is 2.88. The Labute approximate surface area is 89.6 Å². The maximum absolute atomic E-state index is 11.2. The van der Waals surface area contributed by atoms with Gasteiger partial charge in [-0.15, -0.1) is 0 Å². The molecule has 0 aliphatic carbocycles. The van der Waals surface area contributed by atoms with Crippen LogP contribution in [0, 0.1) is 0 Å². The molecule has 0 bridgehead atoms. The second-order valence-electron chi connectivity index (χ2n) is 3.02. The Bertz CT molecular complexity index is 217. The van der Waals surface area contributed by atoms with E-state index < -0.39 is 0 Å². The molecule has 0 aliphatic heterocycles. The molecule has 0 fully saturated rings. The van der Waals surface area contributed by atoms with E-state index in [1.54, 1.807) is 21.2 Å². The molecule has 0 aromatic rings. The van der Waals surface area contributed by atoms with Gasteiger partial charge in [0.1, 0.15) is 6.54 Å². The lowest BCUT2D eigenvalue weighted by atomic mass is 10.5.